The van der Waals surface area contributed by atoms with Crippen LogP contribution in [0, 0.1) is 0 Å². The predicted molar refractivity (Wildman–Crippen MR) is 129 cm³/mol. The highest BCUT2D eigenvalue weighted by Gasteiger charge is 2.41. The van der Waals surface area contributed by atoms with Gasteiger partial charge in [0.1, 0.15) is 5.75 Å². The second-order valence-electron chi connectivity index (χ2n) is 8.82. The second kappa shape index (κ2) is 8.17. The minimum absolute atomic E-state index is 0.102. The zero-order chi connectivity index (χ0) is 23.4. The average Bonchev–Trinajstić information content (AvgIpc) is 3.23. The van der Waals surface area contributed by atoms with E-state index in [0.29, 0.717) is 17.6 Å². The summed E-state index contributed by atoms with van der Waals surface area (Å²) in [6, 6.07) is 12.4. The molecule has 3 aromatic rings. The largest absolute Gasteiger partial charge is 0.497 e. The maximum Gasteiger partial charge on any atom is 0.331 e. The fraction of sp³-hybridized carbons (Fsp3) is 0.409. The van der Waals surface area contributed by atoms with Gasteiger partial charge in [-0.05, 0) is 62.6 Å². The van der Waals surface area contributed by atoms with Gasteiger partial charge < -0.3 is 4.74 Å². The Kier molecular flexibility index (Phi) is 5.57. The van der Waals surface area contributed by atoms with Crippen molar-refractivity contribution >= 4 is 32.8 Å². The third-order valence-electron chi connectivity index (χ3n) is 6.10. The lowest BCUT2D eigenvalue weighted by molar-refractivity contribution is 0.414. The number of hydrogen-bond acceptors (Lipinski definition) is 7. The summed E-state index contributed by atoms with van der Waals surface area (Å²) in [4.78, 5) is 13.7. The second-order valence-corrected chi connectivity index (χ2v) is 11.9. The lowest BCUT2D eigenvalue weighted by atomic mass is 10.2. The van der Waals surface area contributed by atoms with Crippen LogP contribution in [0.3, 0.4) is 0 Å². The molecule has 11 heteroatoms. The molecule has 2 unspecified atom stereocenters. The molecule has 2 aliphatic rings. The van der Waals surface area contributed by atoms with Gasteiger partial charge in [0, 0.05) is 5.54 Å². The number of fused-ring (bicyclic) bond motifs is 1. The normalized spacial score (nSPS) is 22.0. The number of nitrogens with one attached hydrogen (secondary N) is 3. The first-order valence-corrected chi connectivity index (χ1v) is 13.2. The molecular formula is C22H27N5O4S2. The molecule has 33 heavy (non-hydrogen) atoms. The molecule has 0 spiro atoms. The predicted octanol–water partition coefficient (Wildman–Crippen LogP) is 2.33. The van der Waals surface area contributed by atoms with Crippen LogP contribution in [-0.4, -0.2) is 35.6 Å². The molecule has 0 amide bonds. The topological polar surface area (TPSA) is 106 Å². The number of methoxy groups -OCH3 is 1. The average molecular weight is 490 g/mol. The van der Waals surface area contributed by atoms with Gasteiger partial charge in [0.2, 0.25) is 10.0 Å². The lowest BCUT2D eigenvalue weighted by Gasteiger charge is -2.14. The molecule has 1 aromatic heterocycles. The molecule has 1 saturated heterocycles. The molecule has 2 atom stereocenters. The first-order chi connectivity index (χ1) is 15.7. The number of sulfonamides is 1. The van der Waals surface area contributed by atoms with Crippen molar-refractivity contribution in [2.75, 3.05) is 7.11 Å². The van der Waals surface area contributed by atoms with Crippen molar-refractivity contribution in [1.29, 1.82) is 0 Å². The molecule has 1 aliphatic carbocycles. The van der Waals surface area contributed by atoms with Gasteiger partial charge in [-0.15, -0.1) is 0 Å². The van der Waals surface area contributed by atoms with Crippen molar-refractivity contribution < 1.29 is 13.2 Å². The van der Waals surface area contributed by atoms with Crippen molar-refractivity contribution in [3.05, 3.63) is 58.5 Å². The molecule has 2 aromatic carbocycles. The Hall–Kier alpha value is -2.31. The highest BCUT2D eigenvalue weighted by atomic mass is 32.2. The Morgan fingerprint density at radius 1 is 1.15 bits per heavy atom. The first-order valence-electron chi connectivity index (χ1n) is 10.8. The van der Waals surface area contributed by atoms with Gasteiger partial charge in [0.05, 0.1) is 35.0 Å². The summed E-state index contributed by atoms with van der Waals surface area (Å²) in [7, 11) is -2.09. The number of imidazole rings is 1. The molecule has 1 saturated carbocycles. The van der Waals surface area contributed by atoms with Crippen molar-refractivity contribution in [2.45, 2.75) is 54.5 Å². The standard InChI is InChI=1S/C22H27N5O4S2/c1-14-23-24-20(32-14)27-19-12-17(33(29,30)25-22(2)10-11-22)8-9-18(19)26(21(27)28)13-15-4-6-16(31-3)7-5-15/h4-9,12,14,20,23-25H,10-11,13H2,1-3H3. The number of hydrazine groups is 1. The van der Waals surface area contributed by atoms with E-state index in [0.717, 1.165) is 24.2 Å². The number of aromatic nitrogens is 2. The van der Waals surface area contributed by atoms with Crippen LogP contribution < -0.4 is 26.0 Å². The molecular weight excluding hydrogens is 462 g/mol. The van der Waals surface area contributed by atoms with E-state index in [1.54, 1.807) is 46.2 Å². The Morgan fingerprint density at radius 2 is 1.88 bits per heavy atom. The highest BCUT2D eigenvalue weighted by Crippen LogP contribution is 2.36. The van der Waals surface area contributed by atoms with Crippen LogP contribution in [0.2, 0.25) is 0 Å². The van der Waals surface area contributed by atoms with Crippen molar-refractivity contribution in [3.8, 4) is 5.75 Å². The van der Waals surface area contributed by atoms with Crippen LogP contribution in [0.1, 0.15) is 37.8 Å². The van der Waals surface area contributed by atoms with E-state index in [9.17, 15) is 13.2 Å². The molecule has 176 valence electrons. The van der Waals surface area contributed by atoms with E-state index in [1.165, 1.54) is 0 Å². The number of hydrogen-bond donors (Lipinski definition) is 3. The summed E-state index contributed by atoms with van der Waals surface area (Å²) < 4.78 is 37.3. The van der Waals surface area contributed by atoms with Crippen LogP contribution in [0.5, 0.6) is 5.75 Å². The van der Waals surface area contributed by atoms with Crippen LogP contribution >= 0.6 is 11.8 Å². The van der Waals surface area contributed by atoms with E-state index in [2.05, 4.69) is 15.6 Å². The summed E-state index contributed by atoms with van der Waals surface area (Å²) in [5.74, 6) is 0.742. The summed E-state index contributed by atoms with van der Waals surface area (Å²) in [6.45, 7) is 4.25. The molecule has 2 heterocycles. The van der Waals surface area contributed by atoms with Gasteiger partial charge in [0.15, 0.2) is 5.50 Å². The molecule has 9 nitrogen and oxygen atoms in total. The summed E-state index contributed by atoms with van der Waals surface area (Å²) >= 11 is 1.55. The summed E-state index contributed by atoms with van der Waals surface area (Å²) in [6.07, 6.45) is 1.65. The van der Waals surface area contributed by atoms with Crippen molar-refractivity contribution in [3.63, 3.8) is 0 Å². The van der Waals surface area contributed by atoms with Gasteiger partial charge in [-0.3, -0.25) is 9.13 Å². The third-order valence-corrected chi connectivity index (χ3v) is 8.85. The number of thioether (sulfide) groups is 1. The fourth-order valence-corrected chi connectivity index (χ4v) is 6.44. The van der Waals surface area contributed by atoms with Gasteiger partial charge in [0.25, 0.3) is 0 Å². The van der Waals surface area contributed by atoms with Crippen molar-refractivity contribution in [2.24, 2.45) is 0 Å². The van der Waals surface area contributed by atoms with Crippen molar-refractivity contribution in [1.82, 2.24) is 24.7 Å². The Labute approximate surface area is 196 Å². The number of benzene rings is 2. The number of rotatable bonds is 7. The molecule has 0 radical (unpaired) electrons. The minimum Gasteiger partial charge on any atom is -0.497 e. The van der Waals surface area contributed by atoms with Gasteiger partial charge in [-0.25, -0.2) is 28.8 Å². The first kappa shape index (κ1) is 22.5. The highest BCUT2D eigenvalue weighted by molar-refractivity contribution is 8.00. The van der Waals surface area contributed by atoms with E-state index in [1.807, 2.05) is 38.1 Å². The lowest BCUT2D eigenvalue weighted by Crippen LogP contribution is -2.35. The fourth-order valence-electron chi connectivity index (χ4n) is 3.97. The van der Waals surface area contributed by atoms with Gasteiger partial charge in [-0.2, -0.15) is 0 Å². The third kappa shape index (κ3) is 4.31. The van der Waals surface area contributed by atoms with E-state index >= 15 is 0 Å². The Bertz CT molecular complexity index is 1360. The van der Waals surface area contributed by atoms with Crippen LogP contribution in [0.4, 0.5) is 0 Å². The smallest absolute Gasteiger partial charge is 0.331 e. The Morgan fingerprint density at radius 3 is 2.48 bits per heavy atom. The van der Waals surface area contributed by atoms with E-state index < -0.39 is 10.0 Å². The summed E-state index contributed by atoms with van der Waals surface area (Å²) in [5.41, 5.74) is 7.48. The molecule has 2 fully saturated rings. The van der Waals surface area contributed by atoms with Crippen LogP contribution in [0.15, 0.2) is 52.2 Å². The molecule has 0 bridgehead atoms. The maximum atomic E-state index is 13.6. The molecule has 3 N–H and O–H groups in total. The SMILES string of the molecule is COc1ccc(Cn2c(=O)n(C3NNC(C)S3)c3cc(S(=O)(=O)NC4(C)CC4)ccc32)cc1. The van der Waals surface area contributed by atoms with E-state index in [-0.39, 0.29) is 27.0 Å². The number of ether oxygens (including phenoxy) is 1. The minimum atomic E-state index is -3.70. The van der Waals surface area contributed by atoms with Gasteiger partial charge in [-0.1, -0.05) is 23.9 Å². The maximum absolute atomic E-state index is 13.6. The Balaban J connectivity index is 1.61. The van der Waals surface area contributed by atoms with Crippen LogP contribution in [-0.2, 0) is 16.6 Å². The van der Waals surface area contributed by atoms with Crippen LogP contribution in [0.25, 0.3) is 11.0 Å². The monoisotopic (exact) mass is 489 g/mol. The number of nitrogens with zero attached hydrogens (tertiary/aromatic N) is 2. The van der Waals surface area contributed by atoms with Gasteiger partial charge >= 0.3 is 5.69 Å². The quantitative estimate of drug-likeness (QED) is 0.468. The molecule has 5 rings (SSSR count). The zero-order valence-electron chi connectivity index (χ0n) is 18.7. The zero-order valence-corrected chi connectivity index (χ0v) is 20.3. The van der Waals surface area contributed by atoms with E-state index in [4.69, 9.17) is 4.74 Å². The summed E-state index contributed by atoms with van der Waals surface area (Å²) in [5, 5.41) is 0.102. The molecule has 1 aliphatic heterocycles.